The number of halogens is 2. The number of nitrogens with zero attached hydrogens (tertiary/aromatic N) is 1. The fraction of sp³-hybridized carbons (Fsp3) is 0.353. The summed E-state index contributed by atoms with van der Waals surface area (Å²) >= 11 is 5.65. The molecule has 2 rings (SSSR count). The highest BCUT2D eigenvalue weighted by molar-refractivity contribution is 6.30. The van der Waals surface area contributed by atoms with E-state index in [-0.39, 0.29) is 17.5 Å². The fourth-order valence-corrected chi connectivity index (χ4v) is 2.57. The van der Waals surface area contributed by atoms with Gasteiger partial charge in [0.15, 0.2) is 0 Å². The molecule has 0 bridgehead atoms. The summed E-state index contributed by atoms with van der Waals surface area (Å²) in [5.41, 5.74) is 5.03. The molecule has 3 amide bonds. The van der Waals surface area contributed by atoms with E-state index in [1.165, 1.54) is 35.3 Å². The third-order valence-corrected chi connectivity index (χ3v) is 3.99. The summed E-state index contributed by atoms with van der Waals surface area (Å²) in [5.74, 6) is -1.62. The number of likely N-dealkylation sites (tertiary alicyclic amines) is 1. The SMILES string of the molecule is O=C(/C=C/c1ccc(F)c(Cl)c1)NNC(=O)CN1CCCCCC1=O. The molecule has 1 aliphatic heterocycles. The van der Waals surface area contributed by atoms with Crippen LogP contribution in [0.5, 0.6) is 0 Å². The van der Waals surface area contributed by atoms with E-state index in [0.29, 0.717) is 18.5 Å². The number of amides is 3. The molecule has 134 valence electrons. The highest BCUT2D eigenvalue weighted by atomic mass is 35.5. The standard InChI is InChI=1S/C17H19ClFN3O3/c18-13-10-12(5-7-14(13)19)6-8-15(23)20-21-16(24)11-22-9-3-1-2-4-17(22)25/h5-8,10H,1-4,9,11H2,(H,20,23)(H,21,24)/b8-6+. The third kappa shape index (κ3) is 6.19. The zero-order chi connectivity index (χ0) is 18.2. The van der Waals surface area contributed by atoms with E-state index in [1.807, 2.05) is 0 Å². The van der Waals surface area contributed by atoms with Crippen LogP contribution in [0.1, 0.15) is 31.2 Å². The minimum absolute atomic E-state index is 0.0435. The molecule has 0 spiro atoms. The molecule has 0 atom stereocenters. The van der Waals surface area contributed by atoms with Crippen molar-refractivity contribution in [1.29, 1.82) is 0 Å². The van der Waals surface area contributed by atoms with Gasteiger partial charge in [-0.1, -0.05) is 24.1 Å². The van der Waals surface area contributed by atoms with Gasteiger partial charge in [-0.25, -0.2) is 4.39 Å². The summed E-state index contributed by atoms with van der Waals surface area (Å²) in [4.78, 5) is 36.8. The fourth-order valence-electron chi connectivity index (χ4n) is 2.38. The average Bonchev–Trinajstić information content (AvgIpc) is 2.79. The Morgan fingerprint density at radius 1 is 1.24 bits per heavy atom. The van der Waals surface area contributed by atoms with Crippen molar-refractivity contribution < 1.29 is 18.8 Å². The Bertz CT molecular complexity index is 694. The van der Waals surface area contributed by atoms with Gasteiger partial charge in [-0.3, -0.25) is 25.2 Å². The molecule has 0 saturated carbocycles. The predicted molar refractivity (Wildman–Crippen MR) is 91.8 cm³/mol. The van der Waals surface area contributed by atoms with E-state index in [0.717, 1.165) is 19.3 Å². The normalized spacial score (nSPS) is 15.1. The van der Waals surface area contributed by atoms with Crippen molar-refractivity contribution in [3.8, 4) is 0 Å². The first-order chi connectivity index (χ1) is 12.0. The highest BCUT2D eigenvalue weighted by Gasteiger charge is 2.19. The summed E-state index contributed by atoms with van der Waals surface area (Å²) in [6, 6.07) is 4.04. The number of rotatable bonds is 4. The molecular weight excluding hydrogens is 349 g/mol. The van der Waals surface area contributed by atoms with Crippen molar-refractivity contribution in [2.24, 2.45) is 0 Å². The Hall–Kier alpha value is -2.41. The van der Waals surface area contributed by atoms with Crippen LogP contribution in [-0.2, 0) is 14.4 Å². The van der Waals surface area contributed by atoms with E-state index in [1.54, 1.807) is 0 Å². The van der Waals surface area contributed by atoms with Crippen LogP contribution < -0.4 is 10.9 Å². The maximum atomic E-state index is 13.0. The van der Waals surface area contributed by atoms with Crippen LogP contribution in [0.3, 0.4) is 0 Å². The number of carbonyl (C=O) groups is 3. The van der Waals surface area contributed by atoms with Gasteiger partial charge in [0.05, 0.1) is 5.02 Å². The Morgan fingerprint density at radius 3 is 2.80 bits per heavy atom. The second-order valence-corrected chi connectivity index (χ2v) is 6.08. The number of nitrogens with one attached hydrogen (secondary N) is 2. The highest BCUT2D eigenvalue weighted by Crippen LogP contribution is 2.16. The average molecular weight is 368 g/mol. The molecule has 1 aliphatic rings. The van der Waals surface area contributed by atoms with Gasteiger partial charge in [0.1, 0.15) is 12.4 Å². The van der Waals surface area contributed by atoms with Gasteiger partial charge in [0.2, 0.25) is 5.91 Å². The molecule has 0 aliphatic carbocycles. The lowest BCUT2D eigenvalue weighted by atomic mass is 10.2. The monoisotopic (exact) mass is 367 g/mol. The lowest BCUT2D eigenvalue weighted by molar-refractivity contribution is -0.136. The van der Waals surface area contributed by atoms with Crippen molar-refractivity contribution in [2.45, 2.75) is 25.7 Å². The first-order valence-corrected chi connectivity index (χ1v) is 8.33. The molecule has 1 aromatic rings. The number of hydrazine groups is 1. The van der Waals surface area contributed by atoms with Crippen LogP contribution in [0.15, 0.2) is 24.3 Å². The Balaban J connectivity index is 1.78. The Kier molecular flexibility index (Phi) is 6.94. The van der Waals surface area contributed by atoms with Gasteiger partial charge >= 0.3 is 0 Å². The minimum Gasteiger partial charge on any atom is -0.333 e. The first kappa shape index (κ1) is 18.9. The number of benzene rings is 1. The summed E-state index contributed by atoms with van der Waals surface area (Å²) in [5, 5.41) is -0.0435. The number of hydrogen-bond donors (Lipinski definition) is 2. The molecule has 1 saturated heterocycles. The molecule has 1 fully saturated rings. The predicted octanol–water partition coefficient (Wildman–Crippen LogP) is 2.04. The second kappa shape index (κ2) is 9.17. The zero-order valence-electron chi connectivity index (χ0n) is 13.6. The summed E-state index contributed by atoms with van der Waals surface area (Å²) in [6.07, 6.45) is 5.74. The van der Waals surface area contributed by atoms with E-state index < -0.39 is 17.6 Å². The van der Waals surface area contributed by atoms with E-state index >= 15 is 0 Å². The molecule has 1 heterocycles. The van der Waals surface area contributed by atoms with Crippen molar-refractivity contribution in [2.75, 3.05) is 13.1 Å². The maximum Gasteiger partial charge on any atom is 0.262 e. The van der Waals surface area contributed by atoms with Crippen LogP contribution >= 0.6 is 11.6 Å². The second-order valence-electron chi connectivity index (χ2n) is 5.67. The van der Waals surface area contributed by atoms with Crippen molar-refractivity contribution >= 4 is 35.4 Å². The van der Waals surface area contributed by atoms with Gasteiger partial charge in [-0.2, -0.15) is 0 Å². The van der Waals surface area contributed by atoms with E-state index in [2.05, 4.69) is 10.9 Å². The summed E-state index contributed by atoms with van der Waals surface area (Å²) in [6.45, 7) is 0.460. The lowest BCUT2D eigenvalue weighted by Crippen LogP contribution is -2.47. The molecular formula is C17H19ClFN3O3. The topological polar surface area (TPSA) is 78.5 Å². The van der Waals surface area contributed by atoms with Gasteiger partial charge in [-0.05, 0) is 36.6 Å². The maximum absolute atomic E-state index is 13.0. The van der Waals surface area contributed by atoms with E-state index in [4.69, 9.17) is 11.6 Å². The number of hydrogen-bond acceptors (Lipinski definition) is 3. The van der Waals surface area contributed by atoms with Crippen molar-refractivity contribution in [1.82, 2.24) is 15.8 Å². The van der Waals surface area contributed by atoms with Crippen LogP contribution in [0.4, 0.5) is 4.39 Å². The first-order valence-electron chi connectivity index (χ1n) is 7.95. The van der Waals surface area contributed by atoms with E-state index in [9.17, 15) is 18.8 Å². The third-order valence-electron chi connectivity index (χ3n) is 3.70. The van der Waals surface area contributed by atoms with Gasteiger partial charge in [0.25, 0.3) is 11.8 Å². The Labute approximate surface area is 150 Å². The quantitative estimate of drug-likeness (QED) is 0.631. The molecule has 2 N–H and O–H groups in total. The molecule has 6 nitrogen and oxygen atoms in total. The van der Waals surface area contributed by atoms with Crippen molar-refractivity contribution in [3.63, 3.8) is 0 Å². The molecule has 1 aromatic carbocycles. The molecule has 25 heavy (non-hydrogen) atoms. The van der Waals surface area contributed by atoms with Crippen LogP contribution in [0.2, 0.25) is 5.02 Å². The largest absolute Gasteiger partial charge is 0.333 e. The molecule has 8 heteroatoms. The summed E-state index contributed by atoms with van der Waals surface area (Å²) < 4.78 is 13.0. The van der Waals surface area contributed by atoms with Gasteiger partial charge < -0.3 is 4.90 Å². The molecule has 0 aromatic heterocycles. The number of carbonyl (C=O) groups excluding carboxylic acids is 3. The van der Waals surface area contributed by atoms with Gasteiger partial charge in [-0.15, -0.1) is 0 Å². The van der Waals surface area contributed by atoms with Gasteiger partial charge in [0, 0.05) is 19.0 Å². The van der Waals surface area contributed by atoms with Crippen LogP contribution in [0, 0.1) is 5.82 Å². The molecule has 0 unspecified atom stereocenters. The molecule has 0 radical (unpaired) electrons. The summed E-state index contributed by atoms with van der Waals surface area (Å²) in [7, 11) is 0. The zero-order valence-corrected chi connectivity index (χ0v) is 14.3. The van der Waals surface area contributed by atoms with Crippen LogP contribution in [-0.4, -0.2) is 35.7 Å². The van der Waals surface area contributed by atoms with Crippen LogP contribution in [0.25, 0.3) is 6.08 Å². The smallest absolute Gasteiger partial charge is 0.262 e. The lowest BCUT2D eigenvalue weighted by Gasteiger charge is -2.19. The van der Waals surface area contributed by atoms with Crippen molar-refractivity contribution in [3.05, 3.63) is 40.7 Å². The minimum atomic E-state index is -0.559. The Morgan fingerprint density at radius 2 is 2.04 bits per heavy atom.